The van der Waals surface area contributed by atoms with E-state index in [1.165, 1.54) is 0 Å². The third-order valence-electron chi connectivity index (χ3n) is 0.678. The summed E-state index contributed by atoms with van der Waals surface area (Å²) in [5.74, 6) is 0. The van der Waals surface area contributed by atoms with Gasteiger partial charge in [-0.05, 0) is 23.2 Å². The number of nitrogens with two attached hydrogens (primary N) is 1. The van der Waals surface area contributed by atoms with Gasteiger partial charge in [0.25, 0.3) is 0 Å². The molecule has 0 saturated heterocycles. The van der Waals surface area contributed by atoms with Crippen molar-refractivity contribution >= 4 is 23.2 Å². The Bertz CT molecular complexity index is 121. The van der Waals surface area contributed by atoms with Crippen molar-refractivity contribution in [3.63, 3.8) is 0 Å². The molecule has 0 aromatic rings. The van der Waals surface area contributed by atoms with Crippen molar-refractivity contribution in [2.75, 3.05) is 0 Å². The highest BCUT2D eigenvalue weighted by atomic mass is 35.5. The molecule has 0 aromatic heterocycles. The monoisotopic (exact) mass is 136 g/mol. The highest BCUT2D eigenvalue weighted by Gasteiger charge is 2.05. The van der Waals surface area contributed by atoms with Gasteiger partial charge in [-0.25, -0.2) is 0 Å². The largest absolute Gasteiger partial charge is 0.261 e. The first kappa shape index (κ1) is 5.16. The van der Waals surface area contributed by atoms with E-state index in [1.54, 1.807) is 17.5 Å². The van der Waals surface area contributed by atoms with E-state index in [1.807, 2.05) is 0 Å². The first-order chi connectivity index (χ1) is 3.29. The third-order valence-corrected chi connectivity index (χ3v) is 1.15. The summed E-state index contributed by atoms with van der Waals surface area (Å²) in [6.45, 7) is 0. The van der Waals surface area contributed by atoms with Gasteiger partial charge in [-0.1, -0.05) is 0 Å². The molecule has 0 unspecified atom stereocenters. The van der Waals surface area contributed by atoms with E-state index in [4.69, 9.17) is 23.2 Å². The second-order valence-corrected chi connectivity index (χ2v) is 2.12. The van der Waals surface area contributed by atoms with E-state index in [0.717, 1.165) is 0 Å². The molecule has 0 amide bonds. The van der Waals surface area contributed by atoms with Crippen LogP contribution in [0.5, 0.6) is 0 Å². The summed E-state index contributed by atoms with van der Waals surface area (Å²) in [6, 6.07) is 0. The normalized spacial score (nSPS) is 19.1. The summed E-state index contributed by atoms with van der Waals surface area (Å²) in [6.07, 6.45) is 3.51. The molecule has 0 aromatic carbocycles. The summed E-state index contributed by atoms with van der Waals surface area (Å²) < 4.78 is 0. The summed E-state index contributed by atoms with van der Waals surface area (Å²) in [5.41, 5.74) is 0. The van der Waals surface area contributed by atoms with E-state index in [9.17, 15) is 0 Å². The predicted molar refractivity (Wildman–Crippen MR) is 29.8 cm³/mol. The van der Waals surface area contributed by atoms with Crippen molar-refractivity contribution in [3.8, 4) is 0 Å². The van der Waals surface area contributed by atoms with E-state index >= 15 is 0 Å². The number of quaternary nitrogens is 1. The van der Waals surface area contributed by atoms with E-state index in [0.29, 0.717) is 10.3 Å². The van der Waals surface area contributed by atoms with Gasteiger partial charge in [-0.3, -0.25) is 5.32 Å². The van der Waals surface area contributed by atoms with Gasteiger partial charge in [0.05, 0.1) is 0 Å². The van der Waals surface area contributed by atoms with Gasteiger partial charge in [-0.2, -0.15) is 0 Å². The van der Waals surface area contributed by atoms with Gasteiger partial charge < -0.3 is 0 Å². The Morgan fingerprint density at radius 2 is 1.57 bits per heavy atom. The lowest BCUT2D eigenvalue weighted by molar-refractivity contribution is -0.528. The molecule has 0 spiro atoms. The number of hydrogen-bond donors (Lipinski definition) is 1. The van der Waals surface area contributed by atoms with Crippen LogP contribution in [0.4, 0.5) is 0 Å². The van der Waals surface area contributed by atoms with Gasteiger partial charge in [0.1, 0.15) is 0 Å². The highest BCUT2D eigenvalue weighted by molar-refractivity contribution is 6.31. The smallest absolute Gasteiger partial charge is 0.204 e. The fourth-order valence-corrected chi connectivity index (χ4v) is 0.804. The van der Waals surface area contributed by atoms with Crippen LogP contribution >= 0.6 is 23.2 Å². The van der Waals surface area contributed by atoms with Crippen molar-refractivity contribution in [1.82, 2.24) is 0 Å². The standard InChI is InChI=1S/C4H3Cl2N/c5-3-1-2-4(6)7-3/h1-2,7H/p+1. The van der Waals surface area contributed by atoms with Gasteiger partial charge in [0, 0.05) is 12.2 Å². The fourth-order valence-electron chi connectivity index (χ4n) is 0.387. The second-order valence-electron chi connectivity index (χ2n) is 1.25. The van der Waals surface area contributed by atoms with Crippen LogP contribution in [0.25, 0.3) is 0 Å². The molecular formula is C4H4Cl2N+. The topological polar surface area (TPSA) is 16.6 Å². The quantitative estimate of drug-likeness (QED) is 0.474. The highest BCUT2D eigenvalue weighted by Crippen LogP contribution is 2.01. The Kier molecular flexibility index (Phi) is 1.38. The maximum absolute atomic E-state index is 5.48. The molecule has 0 atom stereocenters. The average Bonchev–Trinajstić information content (AvgIpc) is 1.87. The maximum atomic E-state index is 5.48. The lowest BCUT2D eigenvalue weighted by atomic mass is 10.6. The van der Waals surface area contributed by atoms with Gasteiger partial charge >= 0.3 is 0 Å². The van der Waals surface area contributed by atoms with Crippen molar-refractivity contribution < 1.29 is 5.32 Å². The maximum Gasteiger partial charge on any atom is 0.204 e. The average molecular weight is 137 g/mol. The van der Waals surface area contributed by atoms with Crippen LogP contribution in [0.15, 0.2) is 22.5 Å². The molecular weight excluding hydrogens is 133 g/mol. The molecule has 1 aliphatic rings. The number of rotatable bonds is 0. The summed E-state index contributed by atoms with van der Waals surface area (Å²) >= 11 is 11.0. The molecule has 1 nitrogen and oxygen atoms in total. The summed E-state index contributed by atoms with van der Waals surface area (Å²) in [7, 11) is 0. The summed E-state index contributed by atoms with van der Waals surface area (Å²) in [4.78, 5) is 0. The van der Waals surface area contributed by atoms with Crippen molar-refractivity contribution in [3.05, 3.63) is 22.5 Å². The van der Waals surface area contributed by atoms with Crippen LogP contribution in [0.1, 0.15) is 0 Å². The minimum atomic E-state index is 0.699. The molecule has 0 bridgehead atoms. The van der Waals surface area contributed by atoms with Gasteiger partial charge in [0.15, 0.2) is 0 Å². The molecule has 0 radical (unpaired) electrons. The molecule has 0 saturated carbocycles. The first-order valence-electron chi connectivity index (χ1n) is 1.87. The van der Waals surface area contributed by atoms with Crippen LogP contribution in [-0.4, -0.2) is 0 Å². The van der Waals surface area contributed by atoms with Crippen LogP contribution < -0.4 is 5.32 Å². The van der Waals surface area contributed by atoms with E-state index in [-0.39, 0.29) is 0 Å². The molecule has 1 aliphatic heterocycles. The van der Waals surface area contributed by atoms with E-state index in [2.05, 4.69) is 0 Å². The number of hydrogen-bond acceptors (Lipinski definition) is 0. The second kappa shape index (κ2) is 1.86. The molecule has 1 heterocycles. The zero-order chi connectivity index (χ0) is 5.28. The third kappa shape index (κ3) is 1.20. The Hall–Kier alpha value is 0.0200. The lowest BCUT2D eigenvalue weighted by Crippen LogP contribution is -2.75. The van der Waals surface area contributed by atoms with Crippen LogP contribution in [-0.2, 0) is 0 Å². The van der Waals surface area contributed by atoms with Crippen molar-refractivity contribution in [1.29, 1.82) is 0 Å². The zero-order valence-electron chi connectivity index (χ0n) is 3.49. The Morgan fingerprint density at radius 3 is 1.71 bits per heavy atom. The molecule has 7 heavy (non-hydrogen) atoms. The minimum Gasteiger partial charge on any atom is -0.261 e. The predicted octanol–water partition coefficient (Wildman–Crippen LogP) is 0.724. The number of halogens is 2. The summed E-state index contributed by atoms with van der Waals surface area (Å²) in [5, 5.41) is 3.10. The van der Waals surface area contributed by atoms with E-state index < -0.39 is 0 Å². The molecule has 38 valence electrons. The van der Waals surface area contributed by atoms with Crippen molar-refractivity contribution in [2.24, 2.45) is 0 Å². The zero-order valence-corrected chi connectivity index (χ0v) is 5.00. The SMILES string of the molecule is ClC1=CC=C(Cl)[NH2+]1. The Balaban J connectivity index is 2.61. The molecule has 1 rings (SSSR count). The lowest BCUT2D eigenvalue weighted by Gasteiger charge is -1.82. The first-order valence-corrected chi connectivity index (χ1v) is 2.62. The molecule has 2 N–H and O–H groups in total. The van der Waals surface area contributed by atoms with Crippen molar-refractivity contribution in [2.45, 2.75) is 0 Å². The van der Waals surface area contributed by atoms with Crippen LogP contribution in [0.3, 0.4) is 0 Å². The molecule has 0 aliphatic carbocycles. The Morgan fingerprint density at radius 1 is 1.14 bits per heavy atom. The van der Waals surface area contributed by atoms with Crippen LogP contribution in [0.2, 0.25) is 0 Å². The van der Waals surface area contributed by atoms with Gasteiger partial charge in [0.2, 0.25) is 10.3 Å². The minimum absolute atomic E-state index is 0.699. The Labute approximate surface area is 51.6 Å². The van der Waals surface area contributed by atoms with Gasteiger partial charge in [-0.15, -0.1) is 0 Å². The number of allylic oxidation sites excluding steroid dienone is 2. The molecule has 0 fully saturated rings. The van der Waals surface area contributed by atoms with Crippen LogP contribution in [0, 0.1) is 0 Å². The molecule has 3 heteroatoms. The fraction of sp³-hybridized carbons (Fsp3) is 0.